The summed E-state index contributed by atoms with van der Waals surface area (Å²) in [4.78, 5) is 14.5. The second kappa shape index (κ2) is 5.65. The van der Waals surface area contributed by atoms with E-state index in [-0.39, 0.29) is 5.71 Å². The smallest absolute Gasteiger partial charge is 0.349 e. The summed E-state index contributed by atoms with van der Waals surface area (Å²) >= 11 is 3.34. The zero-order valence-corrected chi connectivity index (χ0v) is 10.6. The Morgan fingerprint density at radius 3 is 2.81 bits per heavy atom. The van der Waals surface area contributed by atoms with Gasteiger partial charge in [0.1, 0.15) is 11.5 Å². The van der Waals surface area contributed by atoms with Gasteiger partial charge in [0.15, 0.2) is 0 Å². The number of aliphatic imine (C=N–C) groups is 1. The molecule has 0 saturated carbocycles. The molecule has 5 heteroatoms. The van der Waals surface area contributed by atoms with E-state index in [1.54, 1.807) is 7.11 Å². The molecule has 1 rings (SSSR count). The molecule has 0 aliphatic rings. The number of hydrogen-bond acceptors (Lipinski definition) is 3. The fourth-order valence-electron chi connectivity index (χ4n) is 1.08. The molecule has 16 heavy (non-hydrogen) atoms. The first-order chi connectivity index (χ1) is 7.54. The van der Waals surface area contributed by atoms with Crippen LogP contribution in [0.2, 0.25) is 0 Å². The first kappa shape index (κ1) is 12.7. The lowest BCUT2D eigenvalue weighted by Gasteiger charge is -2.05. The van der Waals surface area contributed by atoms with Crippen LogP contribution in [-0.4, -0.2) is 23.9 Å². The van der Waals surface area contributed by atoms with E-state index in [1.807, 2.05) is 18.2 Å². The number of carboxylic acid groups (broad SMARTS) is 1. The molecule has 0 amide bonds. The Kier molecular flexibility index (Phi) is 4.49. The third-order valence-corrected chi connectivity index (χ3v) is 2.68. The van der Waals surface area contributed by atoms with Gasteiger partial charge in [-0.2, -0.15) is 0 Å². The van der Waals surface area contributed by atoms with Gasteiger partial charge in [-0.05, 0) is 40.5 Å². The Balaban J connectivity index is 2.83. The second-order valence-electron chi connectivity index (χ2n) is 3.18. The average Bonchev–Trinajstić information content (AvgIpc) is 2.27. The highest BCUT2D eigenvalue weighted by atomic mass is 79.9. The molecule has 0 aromatic heterocycles. The minimum atomic E-state index is -0.996. The molecule has 0 saturated heterocycles. The third-order valence-electron chi connectivity index (χ3n) is 2.02. The molecule has 0 unspecified atom stereocenters. The molecule has 1 N–H and O–H groups in total. The van der Waals surface area contributed by atoms with Crippen LogP contribution in [0.3, 0.4) is 0 Å². The lowest BCUT2D eigenvalue weighted by atomic mass is 10.2. The van der Waals surface area contributed by atoms with Gasteiger partial charge in [-0.15, -0.1) is 0 Å². The summed E-state index contributed by atoms with van der Waals surface area (Å²) in [6.45, 7) is 1.81. The fourth-order valence-corrected chi connectivity index (χ4v) is 1.49. The summed E-state index contributed by atoms with van der Waals surface area (Å²) in [5.41, 5.74) is 1.00. The van der Waals surface area contributed by atoms with Gasteiger partial charge in [-0.25, -0.2) is 4.79 Å². The Morgan fingerprint density at radius 2 is 2.25 bits per heavy atom. The topological polar surface area (TPSA) is 58.9 Å². The predicted octanol–water partition coefficient (Wildman–Crippen LogP) is 2.50. The van der Waals surface area contributed by atoms with Gasteiger partial charge < -0.3 is 9.84 Å². The maximum atomic E-state index is 10.5. The van der Waals surface area contributed by atoms with Crippen LogP contribution in [0.5, 0.6) is 5.75 Å². The molecule has 0 aliphatic carbocycles. The Morgan fingerprint density at radius 1 is 1.56 bits per heavy atom. The number of benzene rings is 1. The molecular formula is C11H12BrNO3. The van der Waals surface area contributed by atoms with Crippen LogP contribution in [0.1, 0.15) is 12.5 Å². The number of carbonyl (C=O) groups is 1. The van der Waals surface area contributed by atoms with Crippen LogP contribution in [0.15, 0.2) is 27.7 Å². The molecule has 86 valence electrons. The van der Waals surface area contributed by atoms with Crippen molar-refractivity contribution in [3.8, 4) is 5.75 Å². The third kappa shape index (κ3) is 3.34. The van der Waals surface area contributed by atoms with Gasteiger partial charge in [0.2, 0.25) is 0 Å². The summed E-state index contributed by atoms with van der Waals surface area (Å²) in [5, 5.41) is 8.64. The molecule has 0 atom stereocenters. The van der Waals surface area contributed by atoms with E-state index in [2.05, 4.69) is 20.9 Å². The maximum absolute atomic E-state index is 10.5. The van der Waals surface area contributed by atoms with Crippen molar-refractivity contribution < 1.29 is 14.6 Å². The van der Waals surface area contributed by atoms with E-state index in [0.29, 0.717) is 12.3 Å². The largest absolute Gasteiger partial charge is 0.496 e. The highest BCUT2D eigenvalue weighted by Crippen LogP contribution is 2.25. The van der Waals surface area contributed by atoms with E-state index >= 15 is 0 Å². The van der Waals surface area contributed by atoms with E-state index in [0.717, 1.165) is 10.0 Å². The van der Waals surface area contributed by atoms with Crippen molar-refractivity contribution in [1.82, 2.24) is 0 Å². The van der Waals surface area contributed by atoms with Crippen LogP contribution in [0, 0.1) is 0 Å². The Labute approximate surface area is 102 Å². The standard InChI is InChI=1S/C11H12BrNO3/c1-7(11(14)15)13-6-8-3-4-9(12)10(5-8)16-2/h3-5H,6H2,1-2H3,(H,14,15). The number of methoxy groups -OCH3 is 1. The van der Waals surface area contributed by atoms with E-state index in [4.69, 9.17) is 9.84 Å². The highest BCUT2D eigenvalue weighted by Gasteiger charge is 2.03. The van der Waals surface area contributed by atoms with Crippen LogP contribution in [-0.2, 0) is 11.3 Å². The molecule has 4 nitrogen and oxygen atoms in total. The molecule has 0 radical (unpaired) electrons. The minimum Gasteiger partial charge on any atom is -0.496 e. The van der Waals surface area contributed by atoms with Crippen molar-refractivity contribution in [2.45, 2.75) is 13.5 Å². The quantitative estimate of drug-likeness (QED) is 0.865. The normalized spacial score (nSPS) is 11.3. The average molecular weight is 286 g/mol. The fraction of sp³-hybridized carbons (Fsp3) is 0.273. The van der Waals surface area contributed by atoms with Crippen LogP contribution in [0.25, 0.3) is 0 Å². The van der Waals surface area contributed by atoms with Gasteiger partial charge in [0, 0.05) is 0 Å². The number of nitrogens with zero attached hydrogens (tertiary/aromatic N) is 1. The Bertz CT molecular complexity index is 429. The summed E-state index contributed by atoms with van der Waals surface area (Å²) in [5.74, 6) is -0.287. The van der Waals surface area contributed by atoms with Gasteiger partial charge in [-0.1, -0.05) is 6.07 Å². The minimum absolute atomic E-state index is 0.0990. The zero-order valence-electron chi connectivity index (χ0n) is 9.03. The lowest BCUT2D eigenvalue weighted by molar-refractivity contribution is -0.129. The van der Waals surface area contributed by atoms with E-state index in [9.17, 15) is 4.79 Å². The number of carboxylic acids is 1. The molecule has 1 aromatic rings. The van der Waals surface area contributed by atoms with E-state index in [1.165, 1.54) is 6.92 Å². The van der Waals surface area contributed by atoms with Gasteiger partial charge in [0.25, 0.3) is 0 Å². The number of aliphatic carboxylic acids is 1. The number of ether oxygens (including phenoxy) is 1. The number of halogens is 1. The van der Waals surface area contributed by atoms with Crippen molar-refractivity contribution in [2.24, 2.45) is 4.99 Å². The van der Waals surface area contributed by atoms with Crippen molar-refractivity contribution >= 4 is 27.6 Å². The summed E-state index contributed by atoms with van der Waals surface area (Å²) in [7, 11) is 1.58. The highest BCUT2D eigenvalue weighted by molar-refractivity contribution is 9.10. The number of rotatable bonds is 4. The van der Waals surface area contributed by atoms with Gasteiger partial charge in [0.05, 0.1) is 18.1 Å². The summed E-state index contributed by atoms with van der Waals surface area (Å²) in [6, 6.07) is 5.54. The molecule has 0 aliphatic heterocycles. The van der Waals surface area contributed by atoms with Crippen molar-refractivity contribution in [3.63, 3.8) is 0 Å². The summed E-state index contributed by atoms with van der Waals surface area (Å²) < 4.78 is 5.99. The zero-order chi connectivity index (χ0) is 12.1. The van der Waals surface area contributed by atoms with Crippen LogP contribution < -0.4 is 4.74 Å². The van der Waals surface area contributed by atoms with Gasteiger partial charge >= 0.3 is 5.97 Å². The SMILES string of the molecule is COc1cc(CN=C(C)C(=O)O)ccc1Br. The molecule has 0 spiro atoms. The number of hydrogen-bond donors (Lipinski definition) is 1. The van der Waals surface area contributed by atoms with Crippen LogP contribution >= 0.6 is 15.9 Å². The molecule has 1 aromatic carbocycles. The lowest BCUT2D eigenvalue weighted by Crippen LogP contribution is -2.08. The molecule has 0 fully saturated rings. The summed E-state index contributed by atoms with van der Waals surface area (Å²) in [6.07, 6.45) is 0. The second-order valence-corrected chi connectivity index (χ2v) is 4.03. The first-order valence-corrected chi connectivity index (χ1v) is 5.40. The predicted molar refractivity (Wildman–Crippen MR) is 65.1 cm³/mol. The van der Waals surface area contributed by atoms with E-state index < -0.39 is 5.97 Å². The van der Waals surface area contributed by atoms with Crippen molar-refractivity contribution in [2.75, 3.05) is 7.11 Å². The molecule has 0 bridgehead atoms. The van der Waals surface area contributed by atoms with Crippen molar-refractivity contribution in [1.29, 1.82) is 0 Å². The first-order valence-electron chi connectivity index (χ1n) is 4.61. The van der Waals surface area contributed by atoms with Gasteiger partial charge in [-0.3, -0.25) is 4.99 Å². The van der Waals surface area contributed by atoms with Crippen LogP contribution in [0.4, 0.5) is 0 Å². The molecule has 0 heterocycles. The maximum Gasteiger partial charge on any atom is 0.349 e. The Hall–Kier alpha value is -1.36. The monoisotopic (exact) mass is 285 g/mol. The molecular weight excluding hydrogens is 274 g/mol. The van der Waals surface area contributed by atoms with Crippen molar-refractivity contribution in [3.05, 3.63) is 28.2 Å².